The number of hydrogen-bond acceptors (Lipinski definition) is 4. The van der Waals surface area contributed by atoms with Crippen LogP contribution in [0.1, 0.15) is 19.8 Å². The molecule has 0 atom stereocenters. The van der Waals surface area contributed by atoms with Crippen LogP contribution in [0.2, 0.25) is 0 Å². The second-order valence-electron chi connectivity index (χ2n) is 4.40. The van der Waals surface area contributed by atoms with Crippen LogP contribution in [-0.2, 0) is 11.3 Å². The van der Waals surface area contributed by atoms with Gasteiger partial charge in [0.05, 0.1) is 6.26 Å². The van der Waals surface area contributed by atoms with Crippen molar-refractivity contribution in [2.45, 2.75) is 26.3 Å². The summed E-state index contributed by atoms with van der Waals surface area (Å²) in [6.45, 7) is 2.57. The minimum absolute atomic E-state index is 0.0862. The molecule has 0 saturated heterocycles. The molecule has 20 heavy (non-hydrogen) atoms. The third-order valence-corrected chi connectivity index (χ3v) is 2.79. The van der Waals surface area contributed by atoms with E-state index in [0.29, 0.717) is 18.0 Å². The van der Waals surface area contributed by atoms with Crippen molar-refractivity contribution in [1.82, 2.24) is 15.1 Å². The highest BCUT2D eigenvalue weighted by Crippen LogP contribution is 2.14. The molecular formula is C14H17N3O3. The zero-order valence-corrected chi connectivity index (χ0v) is 11.3. The predicted octanol–water partition coefficient (Wildman–Crippen LogP) is 1.42. The molecule has 0 aromatic carbocycles. The van der Waals surface area contributed by atoms with Crippen LogP contribution in [-0.4, -0.2) is 22.2 Å². The monoisotopic (exact) mass is 275 g/mol. The van der Waals surface area contributed by atoms with Crippen molar-refractivity contribution in [2.75, 3.05) is 6.54 Å². The Labute approximate surface area is 116 Å². The number of carbonyl (C=O) groups excluding carboxylic acids is 1. The van der Waals surface area contributed by atoms with Crippen LogP contribution < -0.4 is 10.9 Å². The smallest absolute Gasteiger partial charge is 0.267 e. The number of unbranched alkanes of at least 4 members (excludes halogenated alkanes) is 1. The van der Waals surface area contributed by atoms with E-state index in [1.807, 2.05) is 6.92 Å². The van der Waals surface area contributed by atoms with E-state index in [9.17, 15) is 9.59 Å². The second-order valence-corrected chi connectivity index (χ2v) is 4.40. The topological polar surface area (TPSA) is 77.1 Å². The van der Waals surface area contributed by atoms with E-state index in [1.165, 1.54) is 12.3 Å². The Kier molecular flexibility index (Phi) is 4.70. The number of hydrogen-bond donors (Lipinski definition) is 1. The lowest BCUT2D eigenvalue weighted by Gasteiger charge is -2.06. The van der Waals surface area contributed by atoms with Crippen LogP contribution in [0.3, 0.4) is 0 Å². The molecule has 6 heteroatoms. The molecule has 6 nitrogen and oxygen atoms in total. The maximum Gasteiger partial charge on any atom is 0.267 e. The molecule has 0 radical (unpaired) electrons. The Hall–Kier alpha value is -2.37. The van der Waals surface area contributed by atoms with E-state index < -0.39 is 0 Å². The lowest BCUT2D eigenvalue weighted by Crippen LogP contribution is -2.33. The molecule has 106 valence electrons. The summed E-state index contributed by atoms with van der Waals surface area (Å²) in [5.41, 5.74) is 0.210. The van der Waals surface area contributed by atoms with E-state index in [1.54, 1.807) is 18.2 Å². The van der Waals surface area contributed by atoms with Gasteiger partial charge in [-0.3, -0.25) is 9.59 Å². The fourth-order valence-corrected chi connectivity index (χ4v) is 1.71. The maximum absolute atomic E-state index is 11.7. The first-order valence-electron chi connectivity index (χ1n) is 6.59. The lowest BCUT2D eigenvalue weighted by molar-refractivity contribution is -0.121. The Balaban J connectivity index is 2.09. The second kappa shape index (κ2) is 6.70. The van der Waals surface area contributed by atoms with Gasteiger partial charge in [-0.15, -0.1) is 0 Å². The van der Waals surface area contributed by atoms with Crippen LogP contribution in [0.25, 0.3) is 11.5 Å². The largest absolute Gasteiger partial charge is 0.463 e. The first-order valence-corrected chi connectivity index (χ1v) is 6.59. The maximum atomic E-state index is 11.7. The van der Waals surface area contributed by atoms with Crippen LogP contribution in [0.15, 0.2) is 39.7 Å². The van der Waals surface area contributed by atoms with Gasteiger partial charge in [-0.25, -0.2) is 4.68 Å². The number of carbonyl (C=O) groups is 1. The number of nitrogens with zero attached hydrogens (tertiary/aromatic N) is 2. The quantitative estimate of drug-likeness (QED) is 0.809. The Morgan fingerprint density at radius 2 is 2.25 bits per heavy atom. The van der Waals surface area contributed by atoms with Gasteiger partial charge < -0.3 is 9.73 Å². The predicted molar refractivity (Wildman–Crippen MR) is 74.1 cm³/mol. The summed E-state index contributed by atoms with van der Waals surface area (Å²) in [7, 11) is 0. The summed E-state index contributed by atoms with van der Waals surface area (Å²) < 4.78 is 6.36. The average molecular weight is 275 g/mol. The third-order valence-electron chi connectivity index (χ3n) is 2.79. The van der Waals surface area contributed by atoms with E-state index >= 15 is 0 Å². The minimum atomic E-state index is -0.314. The number of rotatable bonds is 6. The lowest BCUT2D eigenvalue weighted by atomic mass is 10.3. The molecule has 0 aliphatic rings. The van der Waals surface area contributed by atoms with Crippen molar-refractivity contribution in [3.05, 3.63) is 40.9 Å². The van der Waals surface area contributed by atoms with Gasteiger partial charge in [0.15, 0.2) is 5.76 Å². The zero-order valence-electron chi connectivity index (χ0n) is 11.3. The molecule has 2 rings (SSSR count). The van der Waals surface area contributed by atoms with Gasteiger partial charge in [0.1, 0.15) is 12.2 Å². The molecule has 2 aromatic rings. The van der Waals surface area contributed by atoms with Crippen LogP contribution >= 0.6 is 0 Å². The number of aromatic nitrogens is 2. The Morgan fingerprint density at radius 1 is 1.40 bits per heavy atom. The summed E-state index contributed by atoms with van der Waals surface area (Å²) in [6.07, 6.45) is 3.46. The molecule has 0 unspecified atom stereocenters. The normalized spacial score (nSPS) is 10.4. The van der Waals surface area contributed by atoms with Crippen molar-refractivity contribution in [2.24, 2.45) is 0 Å². The highest BCUT2D eigenvalue weighted by molar-refractivity contribution is 5.75. The Morgan fingerprint density at radius 3 is 2.95 bits per heavy atom. The van der Waals surface area contributed by atoms with Gasteiger partial charge in [-0.05, 0) is 24.6 Å². The SMILES string of the molecule is CCCCNC(=O)Cn1nc(-c2ccco2)ccc1=O. The fraction of sp³-hybridized carbons (Fsp3) is 0.357. The van der Waals surface area contributed by atoms with Gasteiger partial charge in [0.2, 0.25) is 5.91 Å². The van der Waals surface area contributed by atoms with Crippen molar-refractivity contribution >= 4 is 5.91 Å². The highest BCUT2D eigenvalue weighted by Gasteiger charge is 2.08. The average Bonchev–Trinajstić information content (AvgIpc) is 2.95. The van der Waals surface area contributed by atoms with Crippen LogP contribution in [0.5, 0.6) is 0 Å². The summed E-state index contributed by atoms with van der Waals surface area (Å²) in [4.78, 5) is 23.4. The number of nitrogens with one attached hydrogen (secondary N) is 1. The standard InChI is InChI=1S/C14H17N3O3/c1-2-3-8-15-13(18)10-17-14(19)7-6-11(16-17)12-5-4-9-20-12/h4-7,9H,2-3,8,10H2,1H3,(H,15,18). The van der Waals surface area contributed by atoms with Gasteiger partial charge in [0, 0.05) is 12.6 Å². The molecule has 0 aliphatic heterocycles. The summed E-state index contributed by atoms with van der Waals surface area (Å²) in [5.74, 6) is 0.342. The first-order chi connectivity index (χ1) is 9.70. The van der Waals surface area contributed by atoms with Gasteiger partial charge in [-0.2, -0.15) is 5.10 Å². The van der Waals surface area contributed by atoms with E-state index in [-0.39, 0.29) is 18.0 Å². The minimum Gasteiger partial charge on any atom is -0.463 e. The zero-order chi connectivity index (χ0) is 14.4. The molecule has 0 fully saturated rings. The molecule has 1 N–H and O–H groups in total. The van der Waals surface area contributed by atoms with Crippen molar-refractivity contribution in [1.29, 1.82) is 0 Å². The van der Waals surface area contributed by atoms with Crippen molar-refractivity contribution in [3.63, 3.8) is 0 Å². The molecule has 1 amide bonds. The van der Waals surface area contributed by atoms with E-state index in [4.69, 9.17) is 4.42 Å². The van der Waals surface area contributed by atoms with Crippen molar-refractivity contribution in [3.8, 4) is 11.5 Å². The third kappa shape index (κ3) is 3.57. The van der Waals surface area contributed by atoms with Gasteiger partial charge >= 0.3 is 0 Å². The summed E-state index contributed by atoms with van der Waals surface area (Å²) in [5, 5.41) is 6.88. The molecule has 2 aromatic heterocycles. The van der Waals surface area contributed by atoms with Gasteiger partial charge in [-0.1, -0.05) is 13.3 Å². The molecule has 0 saturated carbocycles. The van der Waals surface area contributed by atoms with Gasteiger partial charge in [0.25, 0.3) is 5.56 Å². The summed E-state index contributed by atoms with van der Waals surface area (Å²) >= 11 is 0. The van der Waals surface area contributed by atoms with E-state index in [0.717, 1.165) is 17.5 Å². The highest BCUT2D eigenvalue weighted by atomic mass is 16.3. The molecular weight excluding hydrogens is 258 g/mol. The molecule has 0 spiro atoms. The number of furan rings is 1. The van der Waals surface area contributed by atoms with Crippen molar-refractivity contribution < 1.29 is 9.21 Å². The molecule has 2 heterocycles. The van der Waals surface area contributed by atoms with Crippen LogP contribution in [0.4, 0.5) is 0 Å². The molecule has 0 bridgehead atoms. The summed E-state index contributed by atoms with van der Waals surface area (Å²) in [6, 6.07) is 6.44. The fourth-order valence-electron chi connectivity index (χ4n) is 1.71. The van der Waals surface area contributed by atoms with Crippen LogP contribution in [0, 0.1) is 0 Å². The molecule has 0 aliphatic carbocycles. The van der Waals surface area contributed by atoms with E-state index in [2.05, 4.69) is 10.4 Å². The first kappa shape index (κ1) is 14.0. The Bertz CT molecular complexity index is 617. The number of amides is 1.